The van der Waals surface area contributed by atoms with Gasteiger partial charge in [-0.3, -0.25) is 9.00 Å². The van der Waals surface area contributed by atoms with Gasteiger partial charge in [0.2, 0.25) is 5.91 Å². The van der Waals surface area contributed by atoms with E-state index in [2.05, 4.69) is 10.6 Å². The molecule has 0 heterocycles. The molecule has 1 aliphatic carbocycles. The first-order chi connectivity index (χ1) is 9.17. The summed E-state index contributed by atoms with van der Waals surface area (Å²) in [7, 11) is 0.896. The van der Waals surface area contributed by atoms with Crippen molar-refractivity contribution in [3.63, 3.8) is 0 Å². The van der Waals surface area contributed by atoms with E-state index in [0.717, 1.165) is 25.7 Å². The van der Waals surface area contributed by atoms with Crippen molar-refractivity contribution in [1.82, 2.24) is 10.6 Å². The number of hydrogen-bond donors (Lipinski definition) is 2. The van der Waals surface area contributed by atoms with Crippen LogP contribution in [0.25, 0.3) is 0 Å². The number of hydrogen-bond acceptors (Lipinski definition) is 4. The minimum atomic E-state index is -0.740. The lowest BCUT2D eigenvalue weighted by atomic mass is 9.95. The summed E-state index contributed by atoms with van der Waals surface area (Å²) < 4.78 is 16.7. The normalized spacial score (nSPS) is 24.9. The predicted octanol–water partition coefficient (Wildman–Crippen LogP) is 0.418. The quantitative estimate of drug-likeness (QED) is 0.636. The van der Waals surface area contributed by atoms with Crippen LogP contribution in [0.2, 0.25) is 0 Å². The van der Waals surface area contributed by atoms with Gasteiger partial charge in [0.25, 0.3) is 0 Å². The van der Waals surface area contributed by atoms with Crippen LogP contribution in [0.5, 0.6) is 0 Å². The van der Waals surface area contributed by atoms with Crippen LogP contribution in [0.4, 0.5) is 0 Å². The second-order valence-corrected chi connectivity index (χ2v) is 6.90. The molecule has 1 saturated carbocycles. The SMILES string of the molecule is CCS(=O)C1CCCC(NC(=O)CNCCOC)C1. The summed E-state index contributed by atoms with van der Waals surface area (Å²) in [6.07, 6.45) is 3.93. The number of amides is 1. The van der Waals surface area contributed by atoms with E-state index < -0.39 is 10.8 Å². The second kappa shape index (κ2) is 9.44. The molecule has 112 valence electrons. The zero-order valence-electron chi connectivity index (χ0n) is 11.9. The van der Waals surface area contributed by atoms with Gasteiger partial charge in [0.05, 0.1) is 13.2 Å². The molecule has 0 aromatic heterocycles. The van der Waals surface area contributed by atoms with E-state index in [0.29, 0.717) is 25.4 Å². The van der Waals surface area contributed by atoms with Crippen LogP contribution in [0.1, 0.15) is 32.6 Å². The molecule has 1 fully saturated rings. The van der Waals surface area contributed by atoms with Crippen molar-refractivity contribution >= 4 is 16.7 Å². The van der Waals surface area contributed by atoms with Gasteiger partial charge in [-0.15, -0.1) is 0 Å². The molecule has 0 radical (unpaired) electrons. The molecule has 1 aliphatic rings. The third-order valence-corrected chi connectivity index (χ3v) is 5.16. The summed E-state index contributed by atoms with van der Waals surface area (Å²) in [6, 6.07) is 0.186. The van der Waals surface area contributed by atoms with Crippen molar-refractivity contribution in [3.8, 4) is 0 Å². The van der Waals surface area contributed by atoms with Crippen LogP contribution < -0.4 is 10.6 Å². The summed E-state index contributed by atoms with van der Waals surface area (Å²) >= 11 is 0. The van der Waals surface area contributed by atoms with Gasteiger partial charge in [-0.1, -0.05) is 13.3 Å². The zero-order chi connectivity index (χ0) is 14.1. The highest BCUT2D eigenvalue weighted by atomic mass is 32.2. The van der Waals surface area contributed by atoms with Crippen molar-refractivity contribution in [2.75, 3.05) is 32.6 Å². The van der Waals surface area contributed by atoms with E-state index in [9.17, 15) is 9.00 Å². The molecule has 6 heteroatoms. The average Bonchev–Trinajstić information content (AvgIpc) is 2.43. The predicted molar refractivity (Wildman–Crippen MR) is 77.6 cm³/mol. The van der Waals surface area contributed by atoms with Crippen molar-refractivity contribution in [1.29, 1.82) is 0 Å². The molecule has 0 saturated heterocycles. The van der Waals surface area contributed by atoms with Crippen LogP contribution in [0.15, 0.2) is 0 Å². The minimum Gasteiger partial charge on any atom is -0.383 e. The highest BCUT2D eigenvalue weighted by molar-refractivity contribution is 7.85. The number of rotatable bonds is 8. The van der Waals surface area contributed by atoms with E-state index in [1.165, 1.54) is 0 Å². The summed E-state index contributed by atoms with van der Waals surface area (Å²) in [5.41, 5.74) is 0. The zero-order valence-corrected chi connectivity index (χ0v) is 12.8. The average molecular weight is 290 g/mol. The first-order valence-corrected chi connectivity index (χ1v) is 8.41. The Bertz CT molecular complexity index is 300. The Morgan fingerprint density at radius 3 is 2.89 bits per heavy atom. The Morgan fingerprint density at radius 1 is 1.42 bits per heavy atom. The maximum Gasteiger partial charge on any atom is 0.234 e. The minimum absolute atomic E-state index is 0.0176. The summed E-state index contributed by atoms with van der Waals surface area (Å²) in [6.45, 7) is 3.56. The van der Waals surface area contributed by atoms with Crippen molar-refractivity contribution < 1.29 is 13.7 Å². The van der Waals surface area contributed by atoms with E-state index in [4.69, 9.17) is 4.74 Å². The van der Waals surface area contributed by atoms with Gasteiger partial charge in [-0.25, -0.2) is 0 Å². The fourth-order valence-electron chi connectivity index (χ4n) is 2.41. The Kier molecular flexibility index (Phi) is 8.25. The van der Waals surface area contributed by atoms with Crippen molar-refractivity contribution in [2.45, 2.75) is 43.9 Å². The maximum atomic E-state index is 11.8. The molecule has 0 aromatic carbocycles. The van der Waals surface area contributed by atoms with E-state index in [1.807, 2.05) is 6.92 Å². The Labute approximate surface area is 118 Å². The molecule has 0 aromatic rings. The Hall–Kier alpha value is -0.460. The van der Waals surface area contributed by atoms with Crippen molar-refractivity contribution in [2.24, 2.45) is 0 Å². The lowest BCUT2D eigenvalue weighted by Crippen LogP contribution is -2.44. The van der Waals surface area contributed by atoms with Gasteiger partial charge >= 0.3 is 0 Å². The van der Waals surface area contributed by atoms with Crippen LogP contribution in [-0.2, 0) is 20.3 Å². The number of carbonyl (C=O) groups excluding carboxylic acids is 1. The lowest BCUT2D eigenvalue weighted by Gasteiger charge is -2.29. The van der Waals surface area contributed by atoms with Gasteiger partial charge in [0, 0.05) is 41.5 Å². The van der Waals surface area contributed by atoms with E-state index >= 15 is 0 Å². The standard InChI is InChI=1S/C13H26N2O3S/c1-3-19(17)12-6-4-5-11(9-12)15-13(16)10-14-7-8-18-2/h11-12,14H,3-10H2,1-2H3,(H,15,16). The number of ether oxygens (including phenoxy) is 1. The maximum absolute atomic E-state index is 11.8. The molecule has 1 amide bonds. The molecule has 1 rings (SSSR count). The van der Waals surface area contributed by atoms with Crippen LogP contribution in [0, 0.1) is 0 Å². The van der Waals surface area contributed by atoms with Gasteiger partial charge < -0.3 is 15.4 Å². The lowest BCUT2D eigenvalue weighted by molar-refractivity contribution is -0.121. The van der Waals surface area contributed by atoms with Crippen LogP contribution in [0.3, 0.4) is 0 Å². The third-order valence-electron chi connectivity index (χ3n) is 3.42. The van der Waals surface area contributed by atoms with Gasteiger partial charge in [-0.2, -0.15) is 0 Å². The Balaban J connectivity index is 2.24. The van der Waals surface area contributed by atoms with E-state index in [-0.39, 0.29) is 17.2 Å². The first-order valence-electron chi connectivity index (χ1n) is 7.03. The Morgan fingerprint density at radius 2 is 2.21 bits per heavy atom. The number of nitrogens with one attached hydrogen (secondary N) is 2. The fraction of sp³-hybridized carbons (Fsp3) is 0.923. The van der Waals surface area contributed by atoms with Crippen molar-refractivity contribution in [3.05, 3.63) is 0 Å². The molecule has 19 heavy (non-hydrogen) atoms. The van der Waals surface area contributed by atoms with Gasteiger partial charge in [0.15, 0.2) is 0 Å². The molecular formula is C13H26N2O3S. The van der Waals surface area contributed by atoms with Gasteiger partial charge in [0.1, 0.15) is 0 Å². The topological polar surface area (TPSA) is 67.4 Å². The third kappa shape index (κ3) is 6.49. The second-order valence-electron chi connectivity index (χ2n) is 4.89. The molecular weight excluding hydrogens is 264 g/mol. The summed E-state index contributed by atoms with van der Waals surface area (Å²) in [5.74, 6) is 0.730. The number of carbonyl (C=O) groups is 1. The molecule has 3 atom stereocenters. The largest absolute Gasteiger partial charge is 0.383 e. The van der Waals surface area contributed by atoms with E-state index in [1.54, 1.807) is 7.11 Å². The van der Waals surface area contributed by atoms with Gasteiger partial charge in [-0.05, 0) is 19.3 Å². The molecule has 0 bridgehead atoms. The highest BCUT2D eigenvalue weighted by Gasteiger charge is 2.26. The molecule has 0 spiro atoms. The molecule has 3 unspecified atom stereocenters. The fourth-order valence-corrected chi connectivity index (χ4v) is 3.75. The highest BCUT2D eigenvalue weighted by Crippen LogP contribution is 2.22. The molecule has 2 N–H and O–H groups in total. The van der Waals surface area contributed by atoms with Crippen LogP contribution in [-0.4, -0.2) is 54.0 Å². The summed E-state index contributed by atoms with van der Waals surface area (Å²) in [5, 5.41) is 6.31. The molecule has 0 aliphatic heterocycles. The molecule has 5 nitrogen and oxygen atoms in total. The summed E-state index contributed by atoms with van der Waals surface area (Å²) in [4.78, 5) is 11.7. The smallest absolute Gasteiger partial charge is 0.234 e. The monoisotopic (exact) mass is 290 g/mol. The van der Waals surface area contributed by atoms with Crippen LogP contribution >= 0.6 is 0 Å². The number of methoxy groups -OCH3 is 1. The first kappa shape index (κ1) is 16.6.